The van der Waals surface area contributed by atoms with Crippen LogP contribution in [-0.2, 0) is 11.2 Å². The number of nitrogens with zero attached hydrogens (tertiary/aromatic N) is 1. The molecule has 22 heavy (non-hydrogen) atoms. The van der Waals surface area contributed by atoms with Gasteiger partial charge in [-0.05, 0) is 50.7 Å². The molecule has 2 aliphatic rings. The van der Waals surface area contributed by atoms with E-state index in [9.17, 15) is 4.79 Å². The molecule has 1 atom stereocenters. The molecule has 0 amide bonds. The molecule has 1 heterocycles. The van der Waals surface area contributed by atoms with E-state index in [2.05, 4.69) is 41.4 Å². The van der Waals surface area contributed by atoms with Gasteiger partial charge in [0.15, 0.2) is 0 Å². The Morgan fingerprint density at radius 2 is 2.00 bits per heavy atom. The smallest absolute Gasteiger partial charge is 0.306 e. The van der Waals surface area contributed by atoms with E-state index in [1.165, 1.54) is 11.3 Å². The standard InChI is InChI=1S/C18H26N2O2/c1-13-12-15-4-2-3-5-17(15)20(13)11-10-19-16-8-6-14(7-9-16)18(21)22/h2-5,13-14,16,19H,6-12H2,1H3,(H,21,22). The molecule has 1 fully saturated rings. The molecule has 0 radical (unpaired) electrons. The molecule has 4 heteroatoms. The van der Waals surface area contributed by atoms with Crippen LogP contribution in [0.4, 0.5) is 5.69 Å². The third-order valence-electron chi connectivity index (χ3n) is 5.21. The van der Waals surface area contributed by atoms with E-state index < -0.39 is 5.97 Å². The Hall–Kier alpha value is -1.55. The molecule has 1 unspecified atom stereocenters. The Labute approximate surface area is 132 Å². The summed E-state index contributed by atoms with van der Waals surface area (Å²) in [5, 5.41) is 12.7. The molecule has 1 saturated carbocycles. The molecule has 0 saturated heterocycles. The molecular weight excluding hydrogens is 276 g/mol. The second-order valence-corrected chi connectivity index (χ2v) is 6.72. The number of benzene rings is 1. The summed E-state index contributed by atoms with van der Waals surface area (Å²) >= 11 is 0. The second kappa shape index (κ2) is 6.69. The van der Waals surface area contributed by atoms with E-state index in [1.54, 1.807) is 0 Å². The van der Waals surface area contributed by atoms with Gasteiger partial charge >= 0.3 is 5.97 Å². The monoisotopic (exact) mass is 302 g/mol. The lowest BCUT2D eigenvalue weighted by Gasteiger charge is -2.29. The Morgan fingerprint density at radius 1 is 1.27 bits per heavy atom. The Morgan fingerprint density at radius 3 is 2.73 bits per heavy atom. The molecular formula is C18H26N2O2. The summed E-state index contributed by atoms with van der Waals surface area (Å²) in [6, 6.07) is 9.74. The highest BCUT2D eigenvalue weighted by Gasteiger charge is 2.27. The topological polar surface area (TPSA) is 52.6 Å². The number of fused-ring (bicyclic) bond motifs is 1. The summed E-state index contributed by atoms with van der Waals surface area (Å²) in [6.45, 7) is 4.29. The highest BCUT2D eigenvalue weighted by Crippen LogP contribution is 2.31. The first-order chi connectivity index (χ1) is 10.6. The number of nitrogens with one attached hydrogen (secondary N) is 1. The van der Waals surface area contributed by atoms with Gasteiger partial charge in [-0.25, -0.2) is 0 Å². The van der Waals surface area contributed by atoms with Crippen molar-refractivity contribution in [2.75, 3.05) is 18.0 Å². The van der Waals surface area contributed by atoms with Gasteiger partial charge in [0.1, 0.15) is 0 Å². The van der Waals surface area contributed by atoms with E-state index in [0.29, 0.717) is 12.1 Å². The number of aliphatic carboxylic acids is 1. The van der Waals surface area contributed by atoms with E-state index in [4.69, 9.17) is 5.11 Å². The van der Waals surface area contributed by atoms with Crippen molar-refractivity contribution >= 4 is 11.7 Å². The maximum atomic E-state index is 11.0. The molecule has 1 aliphatic heterocycles. The van der Waals surface area contributed by atoms with Crippen LogP contribution < -0.4 is 10.2 Å². The summed E-state index contributed by atoms with van der Waals surface area (Å²) in [4.78, 5) is 13.5. The minimum Gasteiger partial charge on any atom is -0.481 e. The minimum atomic E-state index is -0.624. The molecule has 4 nitrogen and oxygen atoms in total. The summed E-state index contributed by atoms with van der Waals surface area (Å²) < 4.78 is 0. The van der Waals surface area contributed by atoms with Crippen molar-refractivity contribution in [3.63, 3.8) is 0 Å². The van der Waals surface area contributed by atoms with Crippen LogP contribution in [0.1, 0.15) is 38.2 Å². The first kappa shape index (κ1) is 15.3. The number of para-hydroxylation sites is 1. The van der Waals surface area contributed by atoms with E-state index in [0.717, 1.165) is 45.2 Å². The lowest BCUT2D eigenvalue weighted by Crippen LogP contribution is -2.41. The van der Waals surface area contributed by atoms with E-state index in [1.807, 2.05) is 0 Å². The van der Waals surface area contributed by atoms with Crippen molar-refractivity contribution < 1.29 is 9.90 Å². The van der Waals surface area contributed by atoms with Crippen LogP contribution >= 0.6 is 0 Å². The molecule has 0 bridgehead atoms. The second-order valence-electron chi connectivity index (χ2n) is 6.72. The van der Waals surface area contributed by atoms with Gasteiger partial charge in [-0.2, -0.15) is 0 Å². The van der Waals surface area contributed by atoms with Crippen LogP contribution in [0, 0.1) is 5.92 Å². The molecule has 3 rings (SSSR count). The van der Waals surface area contributed by atoms with Gasteiger partial charge in [0.2, 0.25) is 0 Å². The molecule has 1 aromatic carbocycles. The van der Waals surface area contributed by atoms with Gasteiger partial charge in [-0.3, -0.25) is 4.79 Å². The first-order valence-corrected chi connectivity index (χ1v) is 8.46. The van der Waals surface area contributed by atoms with E-state index in [-0.39, 0.29) is 5.92 Å². The normalized spacial score (nSPS) is 27.7. The third-order valence-corrected chi connectivity index (χ3v) is 5.21. The quantitative estimate of drug-likeness (QED) is 0.878. The maximum absolute atomic E-state index is 11.0. The minimum absolute atomic E-state index is 0.122. The predicted molar refractivity (Wildman–Crippen MR) is 88.3 cm³/mol. The predicted octanol–water partition coefficient (Wildman–Crippen LogP) is 2.67. The molecule has 2 N–H and O–H groups in total. The molecule has 0 spiro atoms. The first-order valence-electron chi connectivity index (χ1n) is 8.46. The van der Waals surface area contributed by atoms with Gasteiger partial charge in [-0.15, -0.1) is 0 Å². The van der Waals surface area contributed by atoms with Gasteiger partial charge in [0.25, 0.3) is 0 Å². The van der Waals surface area contributed by atoms with Crippen LogP contribution in [0.25, 0.3) is 0 Å². The van der Waals surface area contributed by atoms with Crippen molar-refractivity contribution in [2.45, 2.75) is 51.1 Å². The third kappa shape index (κ3) is 3.27. The van der Waals surface area contributed by atoms with Crippen LogP contribution in [0.2, 0.25) is 0 Å². The SMILES string of the molecule is CC1Cc2ccccc2N1CCNC1CCC(C(=O)O)CC1. The maximum Gasteiger partial charge on any atom is 0.306 e. The molecule has 120 valence electrons. The van der Waals surface area contributed by atoms with Crippen molar-refractivity contribution in [1.82, 2.24) is 5.32 Å². The van der Waals surface area contributed by atoms with Crippen molar-refractivity contribution in [2.24, 2.45) is 5.92 Å². The average molecular weight is 302 g/mol. The van der Waals surface area contributed by atoms with Crippen LogP contribution in [0.5, 0.6) is 0 Å². The zero-order valence-corrected chi connectivity index (χ0v) is 13.3. The Balaban J connectivity index is 1.45. The van der Waals surface area contributed by atoms with Crippen molar-refractivity contribution in [3.8, 4) is 0 Å². The average Bonchev–Trinajstić information content (AvgIpc) is 2.84. The highest BCUT2D eigenvalue weighted by atomic mass is 16.4. The number of carboxylic acid groups (broad SMARTS) is 1. The van der Waals surface area contributed by atoms with Crippen LogP contribution in [0.15, 0.2) is 24.3 Å². The molecule has 0 aromatic heterocycles. The lowest BCUT2D eigenvalue weighted by molar-refractivity contribution is -0.142. The zero-order valence-electron chi connectivity index (χ0n) is 13.3. The van der Waals surface area contributed by atoms with Gasteiger partial charge in [0, 0.05) is 30.9 Å². The van der Waals surface area contributed by atoms with Crippen molar-refractivity contribution in [1.29, 1.82) is 0 Å². The fourth-order valence-corrected chi connectivity index (χ4v) is 3.90. The summed E-state index contributed by atoms with van der Waals surface area (Å²) in [5.41, 5.74) is 2.84. The Bertz CT molecular complexity index is 524. The number of hydrogen-bond donors (Lipinski definition) is 2. The number of hydrogen-bond acceptors (Lipinski definition) is 3. The number of rotatable bonds is 5. The summed E-state index contributed by atoms with van der Waals surface area (Å²) in [6.07, 6.45) is 4.75. The van der Waals surface area contributed by atoms with Gasteiger partial charge in [0.05, 0.1) is 5.92 Å². The van der Waals surface area contributed by atoms with Crippen LogP contribution in [-0.4, -0.2) is 36.2 Å². The lowest BCUT2D eigenvalue weighted by atomic mass is 9.86. The number of carboxylic acids is 1. The molecule has 1 aliphatic carbocycles. The van der Waals surface area contributed by atoms with E-state index >= 15 is 0 Å². The van der Waals surface area contributed by atoms with Gasteiger partial charge < -0.3 is 15.3 Å². The molecule has 1 aromatic rings. The fourth-order valence-electron chi connectivity index (χ4n) is 3.90. The van der Waals surface area contributed by atoms with Crippen molar-refractivity contribution in [3.05, 3.63) is 29.8 Å². The number of anilines is 1. The largest absolute Gasteiger partial charge is 0.481 e. The summed E-state index contributed by atoms with van der Waals surface area (Å²) in [7, 11) is 0. The highest BCUT2D eigenvalue weighted by molar-refractivity contribution is 5.70. The Kier molecular flexibility index (Phi) is 4.67. The fraction of sp³-hybridized carbons (Fsp3) is 0.611. The zero-order chi connectivity index (χ0) is 15.5. The summed E-state index contributed by atoms with van der Waals surface area (Å²) in [5.74, 6) is -0.746. The number of carbonyl (C=O) groups is 1. The van der Waals surface area contributed by atoms with Gasteiger partial charge in [-0.1, -0.05) is 18.2 Å². The van der Waals surface area contributed by atoms with Crippen LogP contribution in [0.3, 0.4) is 0 Å².